The van der Waals surface area contributed by atoms with Gasteiger partial charge in [0, 0.05) is 0 Å². The van der Waals surface area contributed by atoms with E-state index in [1.54, 1.807) is 0 Å². The van der Waals surface area contributed by atoms with E-state index in [1.807, 2.05) is 6.08 Å². The summed E-state index contributed by atoms with van der Waals surface area (Å²) in [7, 11) is 0. The number of hydrogen-bond acceptors (Lipinski definition) is 0. The molecule has 0 unspecified atom stereocenters. The van der Waals surface area contributed by atoms with Crippen molar-refractivity contribution in [1.29, 1.82) is 0 Å². The Bertz CT molecular complexity index is 691. The van der Waals surface area contributed by atoms with Crippen LogP contribution in [0, 0.1) is 0 Å². The lowest BCUT2D eigenvalue weighted by Gasteiger charge is -2.14. The summed E-state index contributed by atoms with van der Waals surface area (Å²) in [6.07, 6.45) is 13.2. The average molecular weight is 276 g/mol. The van der Waals surface area contributed by atoms with Crippen LogP contribution >= 0.6 is 0 Å². The van der Waals surface area contributed by atoms with Crippen molar-refractivity contribution in [1.82, 2.24) is 0 Å². The van der Waals surface area contributed by atoms with Crippen molar-refractivity contribution in [2.75, 3.05) is 0 Å². The summed E-state index contributed by atoms with van der Waals surface area (Å²) in [5.41, 5.74) is 9.60. The highest BCUT2D eigenvalue weighted by Crippen LogP contribution is 2.34. The van der Waals surface area contributed by atoms with Gasteiger partial charge in [-0.15, -0.1) is 0 Å². The van der Waals surface area contributed by atoms with Gasteiger partial charge in [0.15, 0.2) is 0 Å². The highest BCUT2D eigenvalue weighted by molar-refractivity contribution is 5.70. The van der Waals surface area contributed by atoms with E-state index in [0.29, 0.717) is 0 Å². The Morgan fingerprint density at radius 1 is 1.05 bits per heavy atom. The second kappa shape index (κ2) is 6.13. The monoisotopic (exact) mass is 276 g/mol. The molecule has 2 aliphatic rings. The van der Waals surface area contributed by atoms with Crippen LogP contribution < -0.4 is 0 Å². The summed E-state index contributed by atoms with van der Waals surface area (Å²) in [6.45, 7) is 8.41. The van der Waals surface area contributed by atoms with E-state index in [4.69, 9.17) is 0 Å². The van der Waals surface area contributed by atoms with Crippen molar-refractivity contribution >= 4 is 12.2 Å². The minimum absolute atomic E-state index is 0. The van der Waals surface area contributed by atoms with Crippen molar-refractivity contribution in [3.05, 3.63) is 82.0 Å². The molecule has 0 saturated heterocycles. The number of benzene rings is 1. The van der Waals surface area contributed by atoms with Gasteiger partial charge in [-0.05, 0) is 60.1 Å². The molecule has 0 aliphatic heterocycles. The number of rotatable bonds is 1. The fourth-order valence-electron chi connectivity index (χ4n) is 3.09. The fraction of sp³-hybridized carbons (Fsp3) is 0.238. The fourth-order valence-corrected chi connectivity index (χ4v) is 3.09. The molecule has 1 aromatic rings. The lowest BCUT2D eigenvalue weighted by atomic mass is 9.90. The van der Waals surface area contributed by atoms with Gasteiger partial charge in [0.1, 0.15) is 0 Å². The molecule has 0 heteroatoms. The van der Waals surface area contributed by atoms with Crippen molar-refractivity contribution in [3.8, 4) is 0 Å². The highest BCUT2D eigenvalue weighted by atomic mass is 14.2. The molecule has 0 saturated carbocycles. The SMILES string of the molecule is C.C=Cc1cccc2c1CC1=C(C=C2)C(C)=CCC=C1C. The third-order valence-corrected chi connectivity index (χ3v) is 4.33. The molecule has 2 aliphatic carbocycles. The molecule has 3 rings (SSSR count). The summed E-state index contributed by atoms with van der Waals surface area (Å²) in [5.74, 6) is 0. The van der Waals surface area contributed by atoms with Crippen molar-refractivity contribution in [3.63, 3.8) is 0 Å². The molecule has 0 bridgehead atoms. The molecule has 1 aromatic carbocycles. The largest absolute Gasteiger partial charge is 0.0985 e. The molecule has 0 aromatic heterocycles. The normalized spacial score (nSPS) is 16.7. The third-order valence-electron chi connectivity index (χ3n) is 4.33. The lowest BCUT2D eigenvalue weighted by molar-refractivity contribution is 1.12. The summed E-state index contributed by atoms with van der Waals surface area (Å²) in [4.78, 5) is 0. The first-order valence-electron chi connectivity index (χ1n) is 7.20. The first-order chi connectivity index (χ1) is 9.70. The van der Waals surface area contributed by atoms with Crippen LogP contribution in [0.5, 0.6) is 0 Å². The lowest BCUT2D eigenvalue weighted by Crippen LogP contribution is -1.99. The van der Waals surface area contributed by atoms with E-state index < -0.39 is 0 Å². The van der Waals surface area contributed by atoms with E-state index >= 15 is 0 Å². The first-order valence-corrected chi connectivity index (χ1v) is 7.20. The van der Waals surface area contributed by atoms with Crippen LogP contribution in [0.15, 0.2) is 65.3 Å². The van der Waals surface area contributed by atoms with Gasteiger partial charge in [-0.25, -0.2) is 0 Å². The van der Waals surface area contributed by atoms with Gasteiger partial charge in [-0.3, -0.25) is 0 Å². The van der Waals surface area contributed by atoms with E-state index in [9.17, 15) is 0 Å². The van der Waals surface area contributed by atoms with E-state index in [1.165, 1.54) is 39.0 Å². The molecule has 0 nitrogen and oxygen atoms in total. The molecular weight excluding hydrogens is 252 g/mol. The summed E-state index contributed by atoms with van der Waals surface area (Å²) < 4.78 is 0. The quantitative estimate of drug-likeness (QED) is 0.579. The summed E-state index contributed by atoms with van der Waals surface area (Å²) >= 11 is 0. The molecule has 0 heterocycles. The molecule has 21 heavy (non-hydrogen) atoms. The Balaban J connectivity index is 0.00000161. The second-order valence-corrected chi connectivity index (χ2v) is 5.53. The minimum Gasteiger partial charge on any atom is -0.0985 e. The van der Waals surface area contributed by atoms with Gasteiger partial charge in [-0.2, -0.15) is 0 Å². The van der Waals surface area contributed by atoms with Crippen LogP contribution in [0.4, 0.5) is 0 Å². The smallest absolute Gasteiger partial charge is 0.000534 e. The summed E-state index contributed by atoms with van der Waals surface area (Å²) in [5, 5.41) is 0. The van der Waals surface area contributed by atoms with Gasteiger partial charge in [0.25, 0.3) is 0 Å². The second-order valence-electron chi connectivity index (χ2n) is 5.53. The third kappa shape index (κ3) is 2.71. The Kier molecular flexibility index (Phi) is 4.47. The van der Waals surface area contributed by atoms with Crippen LogP contribution in [0.3, 0.4) is 0 Å². The van der Waals surface area contributed by atoms with Crippen LogP contribution in [0.25, 0.3) is 12.2 Å². The van der Waals surface area contributed by atoms with Crippen molar-refractivity contribution < 1.29 is 0 Å². The van der Waals surface area contributed by atoms with Gasteiger partial charge < -0.3 is 0 Å². The van der Waals surface area contributed by atoms with Gasteiger partial charge >= 0.3 is 0 Å². The standard InChI is InChI=1S/C20H20.CH4/c1-4-16-9-6-10-17-11-12-18-14(2)7-5-8-15(3)19(18)13-20(16)17;/h4,6-12H,1,5,13H2,2-3H3;1H4. The minimum atomic E-state index is 0. The van der Waals surface area contributed by atoms with Crippen LogP contribution in [0.1, 0.15) is 44.4 Å². The maximum absolute atomic E-state index is 3.96. The van der Waals surface area contributed by atoms with Gasteiger partial charge in [0.05, 0.1) is 0 Å². The zero-order valence-electron chi connectivity index (χ0n) is 12.2. The molecule has 0 fully saturated rings. The predicted molar refractivity (Wildman–Crippen MR) is 95.2 cm³/mol. The van der Waals surface area contributed by atoms with Crippen molar-refractivity contribution in [2.24, 2.45) is 0 Å². The van der Waals surface area contributed by atoms with Crippen LogP contribution in [-0.4, -0.2) is 0 Å². The predicted octanol–water partition coefficient (Wildman–Crippen LogP) is 6.13. The molecule has 0 radical (unpaired) electrons. The Morgan fingerprint density at radius 2 is 1.81 bits per heavy atom. The van der Waals surface area contributed by atoms with Crippen molar-refractivity contribution in [2.45, 2.75) is 34.1 Å². The number of fused-ring (bicyclic) bond motifs is 1. The maximum Gasteiger partial charge on any atom is -0.000534 e. The average Bonchev–Trinajstić information content (AvgIpc) is 2.72. The molecular formula is C21H24. The van der Waals surface area contributed by atoms with Gasteiger partial charge in [0.2, 0.25) is 0 Å². The molecule has 108 valence electrons. The van der Waals surface area contributed by atoms with Crippen LogP contribution in [-0.2, 0) is 6.42 Å². The van der Waals surface area contributed by atoms with E-state index in [2.05, 4.69) is 62.9 Å². The molecule has 0 atom stereocenters. The highest BCUT2D eigenvalue weighted by Gasteiger charge is 2.17. The van der Waals surface area contributed by atoms with Gasteiger partial charge in [-0.1, -0.05) is 68.2 Å². The Hall–Kier alpha value is -2.08. The number of allylic oxidation sites excluding steroid dienone is 7. The molecule has 0 N–H and O–H groups in total. The topological polar surface area (TPSA) is 0 Å². The first kappa shape index (κ1) is 15.3. The Morgan fingerprint density at radius 3 is 2.57 bits per heavy atom. The summed E-state index contributed by atoms with van der Waals surface area (Å²) in [6, 6.07) is 6.47. The van der Waals surface area contributed by atoms with E-state index in [0.717, 1.165) is 12.8 Å². The van der Waals surface area contributed by atoms with Crippen LogP contribution in [0.2, 0.25) is 0 Å². The molecule has 0 spiro atoms. The zero-order valence-corrected chi connectivity index (χ0v) is 12.2. The zero-order chi connectivity index (χ0) is 14.1. The molecule has 0 amide bonds. The number of hydrogen-bond donors (Lipinski definition) is 0. The maximum atomic E-state index is 3.96. The Labute approximate surface area is 128 Å². The van der Waals surface area contributed by atoms with E-state index in [-0.39, 0.29) is 7.43 Å².